The molecule has 1 atom stereocenters. The molecular formula is C16H18N4O4S4. The van der Waals surface area contributed by atoms with Crippen molar-refractivity contribution in [1.29, 1.82) is 0 Å². The third-order valence-corrected chi connectivity index (χ3v) is 7.19. The Labute approximate surface area is 172 Å². The molecule has 2 aromatic heterocycles. The maximum absolute atomic E-state index is 12.0. The van der Waals surface area contributed by atoms with Crippen LogP contribution in [0.1, 0.15) is 17.3 Å². The van der Waals surface area contributed by atoms with Crippen LogP contribution < -0.4 is 15.2 Å². The summed E-state index contributed by atoms with van der Waals surface area (Å²) in [6.45, 7) is 0. The van der Waals surface area contributed by atoms with Crippen LogP contribution in [0.15, 0.2) is 47.2 Å². The third kappa shape index (κ3) is 5.59. The standard InChI is InChI=1S/C16H18N4O4S4/c17-10-28(23,24)20-13(8-11-3-5-12(6-4-11)19-27(21)22)14-9-26-16(18-14)15-2-1-7-25-15/h1-7,9,13,20,27H,8,10,17H2,(H,19,21,22)/t13-/m0/s1. The average Bonchev–Trinajstić information content (AvgIpc) is 3.34. The SMILES string of the molecule is NCS(=O)(=O)N[C@@H](Cc1ccc(N[SH](=O)=O)cc1)c1csc(-c2cccs2)n1. The van der Waals surface area contributed by atoms with E-state index in [9.17, 15) is 16.8 Å². The summed E-state index contributed by atoms with van der Waals surface area (Å²) in [5, 5.41) is 4.60. The summed E-state index contributed by atoms with van der Waals surface area (Å²) in [5.74, 6) is -0.523. The van der Waals surface area contributed by atoms with Crippen molar-refractivity contribution < 1.29 is 16.8 Å². The highest BCUT2D eigenvalue weighted by molar-refractivity contribution is 7.89. The molecule has 0 bridgehead atoms. The van der Waals surface area contributed by atoms with Gasteiger partial charge in [-0.3, -0.25) is 4.72 Å². The van der Waals surface area contributed by atoms with E-state index >= 15 is 0 Å². The monoisotopic (exact) mass is 458 g/mol. The smallest absolute Gasteiger partial charge is 0.225 e. The molecule has 0 saturated carbocycles. The molecule has 28 heavy (non-hydrogen) atoms. The first-order valence-corrected chi connectivity index (χ1v) is 12.6. The van der Waals surface area contributed by atoms with Gasteiger partial charge in [0.15, 0.2) is 0 Å². The summed E-state index contributed by atoms with van der Waals surface area (Å²) in [6.07, 6.45) is 0.344. The highest BCUT2D eigenvalue weighted by Gasteiger charge is 2.22. The maximum Gasteiger partial charge on any atom is 0.225 e. The lowest BCUT2D eigenvalue weighted by Gasteiger charge is -2.17. The minimum absolute atomic E-state index is 0.344. The summed E-state index contributed by atoms with van der Waals surface area (Å²) in [5.41, 5.74) is 7.21. The zero-order valence-corrected chi connectivity index (χ0v) is 17.8. The van der Waals surface area contributed by atoms with Crippen molar-refractivity contribution in [2.24, 2.45) is 5.73 Å². The molecule has 2 heterocycles. The Kier molecular flexibility index (Phi) is 6.80. The zero-order valence-electron chi connectivity index (χ0n) is 14.4. The lowest BCUT2D eigenvalue weighted by Crippen LogP contribution is -2.34. The van der Waals surface area contributed by atoms with Crippen molar-refractivity contribution in [3.05, 3.63) is 58.4 Å². The average molecular weight is 459 g/mol. The first-order chi connectivity index (χ1) is 13.4. The van der Waals surface area contributed by atoms with Crippen LogP contribution in [0.2, 0.25) is 0 Å². The molecule has 0 aliphatic carbocycles. The quantitative estimate of drug-likeness (QED) is 0.362. The zero-order chi connectivity index (χ0) is 20.1. The van der Waals surface area contributed by atoms with Crippen molar-refractivity contribution in [2.45, 2.75) is 12.5 Å². The first-order valence-electron chi connectivity index (χ1n) is 8.05. The molecule has 4 N–H and O–H groups in total. The number of nitrogens with zero attached hydrogens (tertiary/aromatic N) is 1. The van der Waals surface area contributed by atoms with Crippen LogP contribution in [0.5, 0.6) is 0 Å². The van der Waals surface area contributed by atoms with Crippen LogP contribution in [-0.2, 0) is 27.3 Å². The highest BCUT2D eigenvalue weighted by atomic mass is 32.2. The van der Waals surface area contributed by atoms with Gasteiger partial charge in [-0.15, -0.1) is 22.7 Å². The Morgan fingerprint density at radius 1 is 1.14 bits per heavy atom. The van der Waals surface area contributed by atoms with Gasteiger partial charge in [-0.1, -0.05) is 18.2 Å². The van der Waals surface area contributed by atoms with E-state index < -0.39 is 32.8 Å². The molecule has 3 rings (SSSR count). The van der Waals surface area contributed by atoms with E-state index in [1.165, 1.54) is 11.3 Å². The van der Waals surface area contributed by atoms with Gasteiger partial charge < -0.3 is 5.73 Å². The molecule has 0 amide bonds. The fraction of sp³-hybridized carbons (Fsp3) is 0.188. The summed E-state index contributed by atoms with van der Waals surface area (Å²) >= 11 is 3.01. The number of thiophene rings is 1. The molecule has 1 aromatic carbocycles. The third-order valence-electron chi connectivity index (χ3n) is 3.77. The van der Waals surface area contributed by atoms with E-state index in [-0.39, 0.29) is 0 Å². The molecule has 150 valence electrons. The van der Waals surface area contributed by atoms with Gasteiger partial charge in [-0.05, 0) is 35.6 Å². The molecule has 0 aliphatic heterocycles. The lowest BCUT2D eigenvalue weighted by atomic mass is 10.0. The second-order valence-electron chi connectivity index (χ2n) is 5.78. The number of aromatic nitrogens is 1. The molecule has 0 spiro atoms. The van der Waals surface area contributed by atoms with Gasteiger partial charge in [0.05, 0.1) is 16.6 Å². The number of anilines is 1. The van der Waals surface area contributed by atoms with Gasteiger partial charge in [0, 0.05) is 11.1 Å². The number of sulfonamides is 1. The Bertz CT molecular complexity index is 1080. The van der Waals surface area contributed by atoms with Gasteiger partial charge >= 0.3 is 0 Å². The van der Waals surface area contributed by atoms with Crippen molar-refractivity contribution in [1.82, 2.24) is 9.71 Å². The van der Waals surface area contributed by atoms with Crippen LogP contribution in [0.25, 0.3) is 9.88 Å². The van der Waals surface area contributed by atoms with E-state index in [1.807, 2.05) is 22.9 Å². The number of benzene rings is 1. The van der Waals surface area contributed by atoms with Gasteiger partial charge in [-0.2, -0.15) is 0 Å². The largest absolute Gasteiger partial charge is 0.317 e. The Hall–Kier alpha value is -1.83. The normalized spacial score (nSPS) is 12.9. The molecule has 8 nitrogen and oxygen atoms in total. The molecular weight excluding hydrogens is 440 g/mol. The summed E-state index contributed by atoms with van der Waals surface area (Å²) in [6, 6.07) is 10.0. The second-order valence-corrected chi connectivity index (χ2v) is 10.1. The molecule has 0 unspecified atom stereocenters. The fourth-order valence-electron chi connectivity index (χ4n) is 2.49. The number of nitrogens with one attached hydrogen (secondary N) is 2. The highest BCUT2D eigenvalue weighted by Crippen LogP contribution is 2.31. The number of rotatable bonds is 9. The predicted octanol–water partition coefficient (Wildman–Crippen LogP) is 1.93. The molecule has 0 fully saturated rings. The van der Waals surface area contributed by atoms with Crippen molar-refractivity contribution >= 4 is 49.3 Å². The van der Waals surface area contributed by atoms with E-state index in [2.05, 4.69) is 14.4 Å². The Morgan fingerprint density at radius 2 is 1.89 bits per heavy atom. The Balaban J connectivity index is 1.85. The Morgan fingerprint density at radius 3 is 2.50 bits per heavy atom. The lowest BCUT2D eigenvalue weighted by molar-refractivity contribution is 0.551. The van der Waals surface area contributed by atoms with E-state index in [0.717, 1.165) is 15.4 Å². The van der Waals surface area contributed by atoms with Crippen molar-refractivity contribution in [2.75, 3.05) is 10.6 Å². The molecule has 0 saturated heterocycles. The van der Waals surface area contributed by atoms with Gasteiger partial charge in [0.1, 0.15) is 10.9 Å². The maximum atomic E-state index is 12.0. The van der Waals surface area contributed by atoms with E-state index in [1.54, 1.807) is 35.6 Å². The van der Waals surface area contributed by atoms with Gasteiger partial charge in [-0.25, -0.2) is 26.5 Å². The van der Waals surface area contributed by atoms with Crippen LogP contribution in [0, 0.1) is 0 Å². The fourth-order valence-corrected chi connectivity index (χ4v) is 5.27. The second kappa shape index (κ2) is 9.11. The minimum Gasteiger partial charge on any atom is -0.317 e. The number of thiol groups is 1. The molecule has 3 aromatic rings. The van der Waals surface area contributed by atoms with Gasteiger partial charge in [0.25, 0.3) is 0 Å². The summed E-state index contributed by atoms with van der Waals surface area (Å²) in [4.78, 5) is 5.61. The topological polar surface area (TPSA) is 131 Å². The number of nitrogens with two attached hydrogens (primary N) is 1. The molecule has 12 heteroatoms. The number of thiazole rings is 1. The van der Waals surface area contributed by atoms with Crippen LogP contribution in [-0.4, -0.2) is 27.7 Å². The minimum atomic E-state index is -3.65. The van der Waals surface area contributed by atoms with E-state index in [4.69, 9.17) is 5.73 Å². The number of hydrogen-bond acceptors (Lipinski definition) is 8. The summed E-state index contributed by atoms with van der Waals surface area (Å²) in [7, 11) is -6.39. The van der Waals surface area contributed by atoms with Crippen molar-refractivity contribution in [3.8, 4) is 9.88 Å². The predicted molar refractivity (Wildman–Crippen MR) is 113 cm³/mol. The van der Waals surface area contributed by atoms with Gasteiger partial charge in [0.2, 0.25) is 20.9 Å². The van der Waals surface area contributed by atoms with E-state index in [0.29, 0.717) is 17.8 Å². The van der Waals surface area contributed by atoms with Crippen LogP contribution >= 0.6 is 22.7 Å². The van der Waals surface area contributed by atoms with Crippen LogP contribution in [0.3, 0.4) is 0 Å². The number of hydrogen-bond donors (Lipinski definition) is 4. The molecule has 0 aliphatic rings. The van der Waals surface area contributed by atoms with Crippen LogP contribution in [0.4, 0.5) is 5.69 Å². The van der Waals surface area contributed by atoms with Crippen molar-refractivity contribution in [3.63, 3.8) is 0 Å². The first kappa shape index (κ1) is 20.9. The molecule has 0 radical (unpaired) electrons. The summed E-state index contributed by atoms with van der Waals surface area (Å²) < 4.78 is 50.5.